The summed E-state index contributed by atoms with van der Waals surface area (Å²) in [4.78, 5) is 23.4. The van der Waals surface area contributed by atoms with Crippen LogP contribution in [0.4, 0.5) is 0 Å². The van der Waals surface area contributed by atoms with Crippen LogP contribution in [0.2, 0.25) is 0 Å². The second kappa shape index (κ2) is 8.22. The van der Waals surface area contributed by atoms with E-state index in [1.54, 1.807) is 0 Å². The zero-order valence-corrected chi connectivity index (χ0v) is 9.83. The number of carbonyl (C=O) groups is 2. The fourth-order valence-electron chi connectivity index (χ4n) is 1.28. The number of rotatable bonds is 9. The fraction of sp³-hybridized carbons (Fsp3) is 0.545. The van der Waals surface area contributed by atoms with Crippen LogP contribution in [-0.2, 0) is 23.8 Å². The van der Waals surface area contributed by atoms with Crippen molar-refractivity contribution in [3.63, 3.8) is 0 Å². The summed E-state index contributed by atoms with van der Waals surface area (Å²) in [6, 6.07) is 0. The lowest BCUT2D eigenvalue weighted by Gasteiger charge is -2.13. The molecule has 0 aliphatic carbocycles. The maximum Gasteiger partial charge on any atom is 0.286 e. The second-order valence-corrected chi connectivity index (χ2v) is 3.33. The normalized spacial score (nSPS) is 14.1. The third-order valence-corrected chi connectivity index (χ3v) is 2.13. The lowest BCUT2D eigenvalue weighted by atomic mass is 10.5. The highest BCUT2D eigenvalue weighted by molar-refractivity contribution is 6.12. The lowest BCUT2D eigenvalue weighted by Crippen LogP contribution is -2.33. The van der Waals surface area contributed by atoms with E-state index in [1.807, 2.05) is 0 Å². The molecule has 0 unspecified atom stereocenters. The van der Waals surface area contributed by atoms with Crippen LogP contribution in [-0.4, -0.2) is 56.3 Å². The van der Waals surface area contributed by atoms with E-state index in [9.17, 15) is 9.59 Å². The van der Waals surface area contributed by atoms with Crippen molar-refractivity contribution in [1.82, 2.24) is 4.90 Å². The molecule has 2 amide bonds. The molecule has 1 heterocycles. The molecule has 7 heteroatoms. The van der Waals surface area contributed by atoms with Gasteiger partial charge in [0.25, 0.3) is 18.1 Å². The highest BCUT2D eigenvalue weighted by Crippen LogP contribution is 2.02. The number of ether oxygens (including phenoxy) is 3. The monoisotopic (exact) mass is 254 g/mol. The summed E-state index contributed by atoms with van der Waals surface area (Å²) in [5, 5.41) is 8.07. The average Bonchev–Trinajstić information content (AvgIpc) is 2.68. The summed E-state index contributed by atoms with van der Waals surface area (Å²) >= 11 is 0. The van der Waals surface area contributed by atoms with Gasteiger partial charge in [-0.25, -0.2) is 0 Å². The molecule has 0 spiro atoms. The third-order valence-electron chi connectivity index (χ3n) is 2.13. The van der Waals surface area contributed by atoms with Gasteiger partial charge >= 0.3 is 0 Å². The van der Waals surface area contributed by atoms with Crippen molar-refractivity contribution in [2.45, 2.75) is 0 Å². The number of carbonyl (C=O) groups excluding carboxylic acids is 2. The van der Waals surface area contributed by atoms with E-state index in [4.69, 9.17) is 14.7 Å². The molecular weight excluding hydrogens is 240 g/mol. The zero-order valence-electron chi connectivity index (χ0n) is 9.83. The number of hydrogen-bond acceptors (Lipinski definition) is 6. The molecule has 0 saturated carbocycles. The molecule has 7 nitrogen and oxygen atoms in total. The third kappa shape index (κ3) is 4.95. The molecule has 0 N–H and O–H groups in total. The molecule has 0 atom stereocenters. The molecule has 1 aliphatic heterocycles. The second-order valence-electron chi connectivity index (χ2n) is 3.33. The van der Waals surface area contributed by atoms with Crippen molar-refractivity contribution in [1.29, 1.82) is 5.26 Å². The number of imide groups is 1. The first-order valence-corrected chi connectivity index (χ1v) is 5.45. The van der Waals surface area contributed by atoms with Gasteiger partial charge in [-0.3, -0.25) is 14.5 Å². The Morgan fingerprint density at radius 3 is 2.17 bits per heavy atom. The standard InChI is InChI=1S/C11H14N2O5/c12-9-18-8-7-17-6-5-16-4-3-13-10(14)1-2-11(13)15/h1-2H,3-8H2. The van der Waals surface area contributed by atoms with E-state index in [0.29, 0.717) is 19.8 Å². The van der Waals surface area contributed by atoms with E-state index in [2.05, 4.69) is 4.74 Å². The van der Waals surface area contributed by atoms with Crippen LogP contribution < -0.4 is 0 Å². The van der Waals surface area contributed by atoms with Crippen LogP contribution in [0.1, 0.15) is 0 Å². The van der Waals surface area contributed by atoms with E-state index in [-0.39, 0.29) is 31.6 Å². The Balaban J connectivity index is 1.92. The van der Waals surface area contributed by atoms with Gasteiger partial charge in [-0.05, 0) is 0 Å². The van der Waals surface area contributed by atoms with Gasteiger partial charge in [0.1, 0.15) is 6.61 Å². The maximum absolute atomic E-state index is 11.1. The lowest BCUT2D eigenvalue weighted by molar-refractivity contribution is -0.137. The maximum atomic E-state index is 11.1. The molecule has 0 aromatic heterocycles. The van der Waals surface area contributed by atoms with Crippen LogP contribution in [0.3, 0.4) is 0 Å². The summed E-state index contributed by atoms with van der Waals surface area (Å²) in [7, 11) is 0. The predicted molar refractivity (Wildman–Crippen MR) is 59.1 cm³/mol. The van der Waals surface area contributed by atoms with Gasteiger partial charge in [0.15, 0.2) is 0 Å². The number of nitriles is 1. The van der Waals surface area contributed by atoms with Crippen molar-refractivity contribution in [2.24, 2.45) is 0 Å². The molecule has 1 rings (SSSR count). The van der Waals surface area contributed by atoms with Gasteiger partial charge in [0, 0.05) is 12.2 Å². The van der Waals surface area contributed by atoms with Gasteiger partial charge in [-0.2, -0.15) is 5.26 Å². The Bertz CT molecular complexity index is 343. The van der Waals surface area contributed by atoms with E-state index >= 15 is 0 Å². The number of amides is 2. The summed E-state index contributed by atoms with van der Waals surface area (Å²) in [5.41, 5.74) is 0. The first-order valence-electron chi connectivity index (χ1n) is 5.45. The largest absolute Gasteiger partial charge is 0.425 e. The number of nitrogens with zero attached hydrogens (tertiary/aromatic N) is 2. The minimum absolute atomic E-state index is 0.221. The highest BCUT2D eigenvalue weighted by atomic mass is 16.5. The Hall–Kier alpha value is -1.91. The van der Waals surface area contributed by atoms with Gasteiger partial charge in [-0.15, -0.1) is 0 Å². The van der Waals surface area contributed by atoms with Gasteiger partial charge in [0.05, 0.1) is 33.0 Å². The minimum Gasteiger partial charge on any atom is -0.425 e. The number of hydrogen-bond donors (Lipinski definition) is 0. The topological polar surface area (TPSA) is 88.9 Å². The van der Waals surface area contributed by atoms with Crippen molar-refractivity contribution >= 4 is 11.8 Å². The van der Waals surface area contributed by atoms with Crippen molar-refractivity contribution < 1.29 is 23.8 Å². The predicted octanol–water partition coefficient (Wildman–Crippen LogP) is -0.558. The SMILES string of the molecule is N#COCCOCCOCCN1C(=O)C=CC1=O. The summed E-state index contributed by atoms with van der Waals surface area (Å²) in [6.45, 7) is 1.79. The van der Waals surface area contributed by atoms with Crippen LogP contribution in [0.5, 0.6) is 0 Å². The first kappa shape index (κ1) is 14.2. The van der Waals surface area contributed by atoms with Gasteiger partial charge < -0.3 is 14.2 Å². The first-order chi connectivity index (χ1) is 8.75. The van der Waals surface area contributed by atoms with Crippen LogP contribution in [0, 0.1) is 11.5 Å². The van der Waals surface area contributed by atoms with Crippen molar-refractivity contribution in [3.05, 3.63) is 12.2 Å². The zero-order chi connectivity index (χ0) is 13.2. The van der Waals surface area contributed by atoms with E-state index < -0.39 is 0 Å². The summed E-state index contributed by atoms with van der Waals surface area (Å²) in [6.07, 6.45) is 4.01. The fourth-order valence-corrected chi connectivity index (χ4v) is 1.28. The van der Waals surface area contributed by atoms with Crippen molar-refractivity contribution in [3.8, 4) is 6.26 Å². The Morgan fingerprint density at radius 2 is 1.56 bits per heavy atom. The molecule has 98 valence electrons. The van der Waals surface area contributed by atoms with Gasteiger partial charge in [-0.1, -0.05) is 0 Å². The molecule has 18 heavy (non-hydrogen) atoms. The highest BCUT2D eigenvalue weighted by Gasteiger charge is 2.22. The minimum atomic E-state index is -0.312. The molecule has 0 saturated heterocycles. The van der Waals surface area contributed by atoms with Crippen LogP contribution in [0.15, 0.2) is 12.2 Å². The van der Waals surface area contributed by atoms with E-state index in [0.717, 1.165) is 4.90 Å². The summed E-state index contributed by atoms with van der Waals surface area (Å²) in [5.74, 6) is -0.623. The Kier molecular flexibility index (Phi) is 6.46. The van der Waals surface area contributed by atoms with Crippen molar-refractivity contribution in [2.75, 3.05) is 39.6 Å². The Labute approximate surface area is 105 Å². The average molecular weight is 254 g/mol. The molecule has 0 fully saturated rings. The molecule has 0 radical (unpaired) electrons. The summed E-state index contributed by atoms with van der Waals surface area (Å²) < 4.78 is 14.7. The van der Waals surface area contributed by atoms with Crippen LogP contribution >= 0.6 is 0 Å². The molecule has 0 bridgehead atoms. The Morgan fingerprint density at radius 1 is 1.00 bits per heavy atom. The quantitative estimate of drug-likeness (QED) is 0.311. The smallest absolute Gasteiger partial charge is 0.286 e. The molecular formula is C11H14N2O5. The van der Waals surface area contributed by atoms with Crippen LogP contribution in [0.25, 0.3) is 0 Å². The molecule has 0 aromatic carbocycles. The molecule has 0 aromatic rings. The molecule has 1 aliphatic rings. The van der Waals surface area contributed by atoms with E-state index in [1.165, 1.54) is 18.4 Å². The van der Waals surface area contributed by atoms with Gasteiger partial charge in [0.2, 0.25) is 0 Å².